The van der Waals surface area contributed by atoms with Gasteiger partial charge in [-0.05, 0) is 55.5 Å². The number of hydrogen-bond acceptors (Lipinski definition) is 4. The van der Waals surface area contributed by atoms with Gasteiger partial charge in [0.1, 0.15) is 11.6 Å². The maximum absolute atomic E-state index is 9.34. The van der Waals surface area contributed by atoms with Crippen LogP contribution < -0.4 is 0 Å². The summed E-state index contributed by atoms with van der Waals surface area (Å²) in [5, 5.41) is 13.5. The number of H-pyrrole nitrogens is 1. The van der Waals surface area contributed by atoms with Crippen LogP contribution in [0.4, 0.5) is 0 Å². The Morgan fingerprint density at radius 1 is 1.11 bits per heavy atom. The molecule has 1 saturated carbocycles. The molecule has 5 heteroatoms. The Morgan fingerprint density at radius 2 is 1.89 bits per heavy atom. The number of rotatable bonds is 4. The molecular formula is C22H21N3O2. The van der Waals surface area contributed by atoms with E-state index in [1.165, 1.54) is 12.8 Å². The van der Waals surface area contributed by atoms with Gasteiger partial charge in [0.2, 0.25) is 0 Å². The normalized spacial score (nSPS) is 14.2. The van der Waals surface area contributed by atoms with Gasteiger partial charge in [0, 0.05) is 17.0 Å². The number of imidazole rings is 1. The Labute approximate surface area is 157 Å². The standard InChI is InChI=1S/C22H21N3O2/c1-12-20(13(2)27-25-12)17-9-18(15-5-3-14(11-26)4-6-15)21-19(10-17)23-22(24-21)16-7-8-16/h3-6,9-10,16,26H,7-8,11H2,1-2H3,(H,23,24). The lowest BCUT2D eigenvalue weighted by Crippen LogP contribution is -1.88. The lowest BCUT2D eigenvalue weighted by Gasteiger charge is -2.08. The average molecular weight is 359 g/mol. The molecule has 2 N–H and O–H groups in total. The highest BCUT2D eigenvalue weighted by Gasteiger charge is 2.27. The van der Waals surface area contributed by atoms with Crippen molar-refractivity contribution in [3.05, 3.63) is 59.2 Å². The van der Waals surface area contributed by atoms with E-state index in [4.69, 9.17) is 9.51 Å². The molecule has 136 valence electrons. The Balaban J connectivity index is 1.75. The fraction of sp³-hybridized carbons (Fsp3) is 0.273. The number of nitrogens with one attached hydrogen (secondary N) is 1. The summed E-state index contributed by atoms with van der Waals surface area (Å²) in [6, 6.07) is 12.3. The minimum atomic E-state index is 0.0447. The Kier molecular flexibility index (Phi) is 3.65. The van der Waals surface area contributed by atoms with Gasteiger partial charge in [-0.15, -0.1) is 0 Å². The first-order valence-electron chi connectivity index (χ1n) is 9.31. The molecule has 0 radical (unpaired) electrons. The van der Waals surface area contributed by atoms with Gasteiger partial charge in [0.25, 0.3) is 0 Å². The van der Waals surface area contributed by atoms with Gasteiger partial charge in [-0.3, -0.25) is 0 Å². The summed E-state index contributed by atoms with van der Waals surface area (Å²) in [6.45, 7) is 3.95. The molecule has 5 nitrogen and oxygen atoms in total. The quantitative estimate of drug-likeness (QED) is 0.545. The van der Waals surface area contributed by atoms with Crippen molar-refractivity contribution in [1.82, 2.24) is 15.1 Å². The summed E-state index contributed by atoms with van der Waals surface area (Å²) in [7, 11) is 0. The van der Waals surface area contributed by atoms with Gasteiger partial charge in [0.05, 0.1) is 23.3 Å². The summed E-state index contributed by atoms with van der Waals surface area (Å²) in [4.78, 5) is 8.45. The number of benzene rings is 2. The predicted octanol–water partition coefficient (Wildman–Crippen LogP) is 4.87. The smallest absolute Gasteiger partial charge is 0.141 e. The van der Waals surface area contributed by atoms with Crippen LogP contribution in [-0.4, -0.2) is 20.2 Å². The topological polar surface area (TPSA) is 74.9 Å². The highest BCUT2D eigenvalue weighted by molar-refractivity contribution is 5.96. The van der Waals surface area contributed by atoms with Crippen LogP contribution in [0.1, 0.15) is 41.6 Å². The summed E-state index contributed by atoms with van der Waals surface area (Å²) in [6.07, 6.45) is 2.41. The van der Waals surface area contributed by atoms with Gasteiger partial charge in [-0.1, -0.05) is 29.4 Å². The number of aliphatic hydroxyl groups is 1. The van der Waals surface area contributed by atoms with Crippen LogP contribution in [0, 0.1) is 13.8 Å². The molecule has 5 rings (SSSR count). The van der Waals surface area contributed by atoms with Gasteiger partial charge in [-0.2, -0.15) is 0 Å². The monoisotopic (exact) mass is 359 g/mol. The van der Waals surface area contributed by atoms with E-state index in [9.17, 15) is 5.11 Å². The van der Waals surface area contributed by atoms with E-state index in [-0.39, 0.29) is 6.61 Å². The van der Waals surface area contributed by atoms with E-state index in [0.29, 0.717) is 5.92 Å². The molecule has 27 heavy (non-hydrogen) atoms. The molecule has 2 aromatic heterocycles. The molecule has 2 heterocycles. The maximum atomic E-state index is 9.34. The number of aliphatic hydroxyl groups excluding tert-OH is 1. The van der Waals surface area contributed by atoms with E-state index in [2.05, 4.69) is 22.3 Å². The highest BCUT2D eigenvalue weighted by Crippen LogP contribution is 2.41. The van der Waals surface area contributed by atoms with Crippen molar-refractivity contribution < 1.29 is 9.63 Å². The largest absolute Gasteiger partial charge is 0.392 e. The fourth-order valence-electron chi connectivity index (χ4n) is 3.74. The Hall–Kier alpha value is -2.92. The van der Waals surface area contributed by atoms with Gasteiger partial charge in [0.15, 0.2) is 0 Å². The third-order valence-corrected chi connectivity index (χ3v) is 5.34. The lowest BCUT2D eigenvalue weighted by atomic mass is 9.96. The molecule has 0 amide bonds. The van der Waals surface area contributed by atoms with Crippen LogP contribution in [0.5, 0.6) is 0 Å². The first-order valence-corrected chi connectivity index (χ1v) is 9.31. The van der Waals surface area contributed by atoms with Crippen LogP contribution in [0.3, 0.4) is 0 Å². The van der Waals surface area contributed by atoms with Crippen molar-refractivity contribution in [2.75, 3.05) is 0 Å². The van der Waals surface area contributed by atoms with Crippen LogP contribution >= 0.6 is 0 Å². The first-order chi connectivity index (χ1) is 13.1. The number of nitrogens with zero attached hydrogens (tertiary/aromatic N) is 2. The van der Waals surface area contributed by atoms with Crippen molar-refractivity contribution in [2.24, 2.45) is 0 Å². The van der Waals surface area contributed by atoms with E-state index in [1.54, 1.807) is 0 Å². The lowest BCUT2D eigenvalue weighted by molar-refractivity contribution is 0.282. The molecule has 0 saturated heterocycles. The molecule has 0 unspecified atom stereocenters. The molecule has 0 aliphatic heterocycles. The number of aromatic amines is 1. The minimum absolute atomic E-state index is 0.0447. The second-order valence-electron chi connectivity index (χ2n) is 7.37. The third-order valence-electron chi connectivity index (χ3n) is 5.34. The van der Waals surface area contributed by atoms with Crippen molar-refractivity contribution in [2.45, 2.75) is 39.2 Å². The van der Waals surface area contributed by atoms with Crippen LogP contribution in [0.2, 0.25) is 0 Å². The molecule has 1 aliphatic rings. The third kappa shape index (κ3) is 2.75. The first kappa shape index (κ1) is 16.3. The Bertz CT molecular complexity index is 1120. The van der Waals surface area contributed by atoms with E-state index >= 15 is 0 Å². The number of aromatic nitrogens is 3. The summed E-state index contributed by atoms with van der Waals surface area (Å²) in [5.41, 5.74) is 8.08. The van der Waals surface area contributed by atoms with Gasteiger partial charge in [-0.25, -0.2) is 4.98 Å². The molecule has 2 aromatic carbocycles. The molecule has 4 aromatic rings. The van der Waals surface area contributed by atoms with Crippen LogP contribution in [0.15, 0.2) is 40.9 Å². The second-order valence-corrected chi connectivity index (χ2v) is 7.37. The second kappa shape index (κ2) is 6.06. The zero-order valence-corrected chi connectivity index (χ0v) is 15.4. The Morgan fingerprint density at radius 3 is 2.52 bits per heavy atom. The summed E-state index contributed by atoms with van der Waals surface area (Å²) < 4.78 is 5.39. The van der Waals surface area contributed by atoms with E-state index in [1.807, 2.05) is 38.1 Å². The molecule has 1 aliphatic carbocycles. The van der Waals surface area contributed by atoms with Crippen molar-refractivity contribution in [3.63, 3.8) is 0 Å². The number of hydrogen-bond donors (Lipinski definition) is 2. The fourth-order valence-corrected chi connectivity index (χ4v) is 3.74. The maximum Gasteiger partial charge on any atom is 0.141 e. The molecule has 0 bridgehead atoms. The van der Waals surface area contributed by atoms with Crippen LogP contribution in [-0.2, 0) is 6.61 Å². The molecular weight excluding hydrogens is 338 g/mol. The predicted molar refractivity (Wildman–Crippen MR) is 104 cm³/mol. The van der Waals surface area contributed by atoms with E-state index < -0.39 is 0 Å². The van der Waals surface area contributed by atoms with Crippen molar-refractivity contribution >= 4 is 11.0 Å². The van der Waals surface area contributed by atoms with Crippen LogP contribution in [0.25, 0.3) is 33.3 Å². The molecule has 1 fully saturated rings. The van der Waals surface area contributed by atoms with Gasteiger partial charge >= 0.3 is 0 Å². The van der Waals surface area contributed by atoms with E-state index in [0.717, 1.165) is 56.1 Å². The zero-order valence-electron chi connectivity index (χ0n) is 15.4. The minimum Gasteiger partial charge on any atom is -0.392 e. The van der Waals surface area contributed by atoms with Gasteiger partial charge < -0.3 is 14.6 Å². The average Bonchev–Trinajstić information content (AvgIpc) is 3.36. The molecule has 0 atom stereocenters. The molecule has 0 spiro atoms. The van der Waals surface area contributed by atoms with Crippen molar-refractivity contribution in [3.8, 4) is 22.3 Å². The highest BCUT2D eigenvalue weighted by atomic mass is 16.5. The SMILES string of the molecule is Cc1noc(C)c1-c1cc(-c2ccc(CO)cc2)c2nc(C3CC3)[nH]c2c1. The number of aryl methyl sites for hydroxylation is 2. The summed E-state index contributed by atoms with van der Waals surface area (Å²) >= 11 is 0. The zero-order chi connectivity index (χ0) is 18.5. The summed E-state index contributed by atoms with van der Waals surface area (Å²) in [5.74, 6) is 2.45. The number of fused-ring (bicyclic) bond motifs is 1. The van der Waals surface area contributed by atoms with Crippen molar-refractivity contribution in [1.29, 1.82) is 0 Å².